The van der Waals surface area contributed by atoms with Crippen molar-refractivity contribution in [3.05, 3.63) is 36.8 Å². The number of aromatic amines is 1. The van der Waals surface area contributed by atoms with E-state index in [2.05, 4.69) is 30.6 Å². The van der Waals surface area contributed by atoms with Crippen LogP contribution >= 0.6 is 0 Å². The normalized spacial score (nSPS) is 13.5. The quantitative estimate of drug-likeness (QED) is 0.669. The number of aromatic nitrogens is 4. The Balaban J connectivity index is 1.96. The zero-order valence-corrected chi connectivity index (χ0v) is 13.9. The summed E-state index contributed by atoms with van der Waals surface area (Å²) >= 11 is 0. The van der Waals surface area contributed by atoms with Gasteiger partial charge in [0.05, 0.1) is 0 Å². The van der Waals surface area contributed by atoms with Gasteiger partial charge >= 0.3 is 0 Å². The van der Waals surface area contributed by atoms with Crippen LogP contribution in [0.5, 0.6) is 0 Å². The monoisotopic (exact) mass is 324 g/mol. The second kappa shape index (κ2) is 6.27. The highest BCUT2D eigenvalue weighted by Gasteiger charge is 2.30. The van der Waals surface area contributed by atoms with Crippen LogP contribution in [0, 0.1) is 0 Å². The second-order valence-electron chi connectivity index (χ2n) is 5.76. The molecule has 0 saturated carbocycles. The van der Waals surface area contributed by atoms with E-state index in [-0.39, 0.29) is 5.91 Å². The van der Waals surface area contributed by atoms with Crippen LogP contribution in [0.2, 0.25) is 0 Å². The summed E-state index contributed by atoms with van der Waals surface area (Å²) in [6, 6.07) is 5.60. The van der Waals surface area contributed by atoms with E-state index in [0.29, 0.717) is 18.1 Å². The molecular formula is C17H20N6O. The third-order valence-electron chi connectivity index (χ3n) is 4.19. The van der Waals surface area contributed by atoms with E-state index in [0.717, 1.165) is 16.6 Å². The lowest BCUT2D eigenvalue weighted by Crippen LogP contribution is -2.48. The number of rotatable bonds is 5. The first-order valence-corrected chi connectivity index (χ1v) is 7.83. The molecule has 0 saturated heterocycles. The van der Waals surface area contributed by atoms with Crippen LogP contribution in [0.1, 0.15) is 20.3 Å². The lowest BCUT2D eigenvalue weighted by molar-refractivity contribution is -0.124. The van der Waals surface area contributed by atoms with Crippen molar-refractivity contribution in [1.29, 1.82) is 0 Å². The predicted octanol–water partition coefficient (Wildman–Crippen LogP) is 2.35. The van der Waals surface area contributed by atoms with Crippen LogP contribution in [0.25, 0.3) is 22.4 Å². The maximum atomic E-state index is 12.1. The minimum absolute atomic E-state index is 0.0820. The van der Waals surface area contributed by atoms with Gasteiger partial charge in [0.1, 0.15) is 17.0 Å². The van der Waals surface area contributed by atoms with Crippen LogP contribution in [-0.4, -0.2) is 38.4 Å². The molecule has 3 aromatic rings. The molecule has 1 atom stereocenters. The van der Waals surface area contributed by atoms with Gasteiger partial charge in [-0.1, -0.05) is 6.92 Å². The number of likely N-dealkylation sites (N-methyl/N-ethyl adjacent to an activating group) is 1. The molecule has 0 aliphatic rings. The Morgan fingerprint density at radius 2 is 2.12 bits per heavy atom. The highest BCUT2D eigenvalue weighted by atomic mass is 16.2. The van der Waals surface area contributed by atoms with Crippen molar-refractivity contribution in [2.45, 2.75) is 25.8 Å². The van der Waals surface area contributed by atoms with Crippen LogP contribution < -0.4 is 10.6 Å². The smallest absolute Gasteiger partial charge is 0.245 e. The first-order chi connectivity index (χ1) is 11.6. The standard InChI is InChI=1S/C17H20N6O/c1-4-17(2,16(24)18-3)23-13-7-9-20-15(22-13)12-10-21-14-11(12)6-5-8-19-14/h5-10H,4H2,1-3H3,(H,18,24)(H,19,21)(H,20,22,23)/t17-/m1/s1. The summed E-state index contributed by atoms with van der Waals surface area (Å²) in [7, 11) is 1.63. The van der Waals surface area contributed by atoms with Crippen LogP contribution in [-0.2, 0) is 4.79 Å². The van der Waals surface area contributed by atoms with Gasteiger partial charge in [-0.3, -0.25) is 4.79 Å². The molecule has 0 radical (unpaired) electrons. The second-order valence-corrected chi connectivity index (χ2v) is 5.76. The fourth-order valence-corrected chi connectivity index (χ4v) is 2.56. The van der Waals surface area contributed by atoms with E-state index in [4.69, 9.17) is 0 Å². The van der Waals surface area contributed by atoms with Gasteiger partial charge in [-0.25, -0.2) is 15.0 Å². The van der Waals surface area contributed by atoms with Gasteiger partial charge in [0, 0.05) is 36.6 Å². The Hall–Kier alpha value is -2.96. The number of anilines is 1. The molecule has 3 N–H and O–H groups in total. The number of hydrogen-bond acceptors (Lipinski definition) is 5. The van der Waals surface area contributed by atoms with Gasteiger partial charge in [-0.05, 0) is 31.5 Å². The number of nitrogens with zero attached hydrogens (tertiary/aromatic N) is 3. The molecule has 3 aromatic heterocycles. The van der Waals surface area contributed by atoms with E-state index >= 15 is 0 Å². The van der Waals surface area contributed by atoms with Crippen molar-refractivity contribution in [2.24, 2.45) is 0 Å². The first-order valence-electron chi connectivity index (χ1n) is 7.83. The Kier molecular flexibility index (Phi) is 4.16. The minimum Gasteiger partial charge on any atom is -0.357 e. The summed E-state index contributed by atoms with van der Waals surface area (Å²) in [6.07, 6.45) is 5.88. The molecule has 7 heteroatoms. The van der Waals surface area contributed by atoms with Crippen LogP contribution in [0.15, 0.2) is 36.8 Å². The number of amides is 1. The maximum Gasteiger partial charge on any atom is 0.245 e. The number of hydrogen-bond donors (Lipinski definition) is 3. The molecule has 0 fully saturated rings. The van der Waals surface area contributed by atoms with E-state index in [1.54, 1.807) is 25.5 Å². The molecule has 0 aliphatic heterocycles. The summed E-state index contributed by atoms with van der Waals surface area (Å²) in [4.78, 5) is 28.4. The fourth-order valence-electron chi connectivity index (χ4n) is 2.56. The highest BCUT2D eigenvalue weighted by molar-refractivity contribution is 5.92. The fraction of sp³-hybridized carbons (Fsp3) is 0.294. The van der Waals surface area contributed by atoms with E-state index < -0.39 is 5.54 Å². The SMILES string of the molecule is CC[C@@](C)(Nc1ccnc(-c2c[nH]c3ncccc23)n1)C(=O)NC. The van der Waals surface area contributed by atoms with E-state index in [1.807, 2.05) is 32.2 Å². The summed E-state index contributed by atoms with van der Waals surface area (Å²) in [5, 5.41) is 6.86. The molecule has 0 spiro atoms. The Morgan fingerprint density at radius 3 is 2.88 bits per heavy atom. The Labute approximate surface area is 139 Å². The highest BCUT2D eigenvalue weighted by Crippen LogP contribution is 2.26. The third-order valence-corrected chi connectivity index (χ3v) is 4.19. The molecule has 0 aliphatic carbocycles. The lowest BCUT2D eigenvalue weighted by Gasteiger charge is -2.28. The molecule has 3 heterocycles. The molecule has 1 amide bonds. The van der Waals surface area contributed by atoms with Crippen molar-refractivity contribution < 1.29 is 4.79 Å². The molecule has 124 valence electrons. The van der Waals surface area contributed by atoms with Gasteiger partial charge < -0.3 is 15.6 Å². The van der Waals surface area contributed by atoms with Gasteiger partial charge in [0.25, 0.3) is 0 Å². The molecular weight excluding hydrogens is 304 g/mol. The van der Waals surface area contributed by atoms with E-state index in [9.17, 15) is 4.79 Å². The Morgan fingerprint density at radius 1 is 1.29 bits per heavy atom. The Bertz CT molecular complexity index is 874. The summed E-state index contributed by atoms with van der Waals surface area (Å²) in [5.74, 6) is 1.10. The van der Waals surface area contributed by atoms with Gasteiger partial charge in [0.2, 0.25) is 5.91 Å². The van der Waals surface area contributed by atoms with Crippen molar-refractivity contribution >= 4 is 22.8 Å². The van der Waals surface area contributed by atoms with Crippen molar-refractivity contribution in [3.63, 3.8) is 0 Å². The topological polar surface area (TPSA) is 95.6 Å². The number of carbonyl (C=O) groups excluding carboxylic acids is 1. The minimum atomic E-state index is -0.734. The van der Waals surface area contributed by atoms with Crippen molar-refractivity contribution in [1.82, 2.24) is 25.3 Å². The predicted molar refractivity (Wildman–Crippen MR) is 93.5 cm³/mol. The number of nitrogens with one attached hydrogen (secondary N) is 3. The molecule has 0 aromatic carbocycles. The summed E-state index contributed by atoms with van der Waals surface area (Å²) in [6.45, 7) is 3.80. The number of pyridine rings is 1. The van der Waals surface area contributed by atoms with Gasteiger partial charge in [-0.15, -0.1) is 0 Å². The zero-order valence-electron chi connectivity index (χ0n) is 13.9. The summed E-state index contributed by atoms with van der Waals surface area (Å²) in [5.41, 5.74) is 0.931. The van der Waals surface area contributed by atoms with Crippen molar-refractivity contribution in [3.8, 4) is 11.4 Å². The average Bonchev–Trinajstić information content (AvgIpc) is 3.05. The molecule has 0 bridgehead atoms. The van der Waals surface area contributed by atoms with Gasteiger partial charge in [-0.2, -0.15) is 0 Å². The first kappa shape index (κ1) is 15.9. The molecule has 7 nitrogen and oxygen atoms in total. The molecule has 3 rings (SSSR count). The third kappa shape index (κ3) is 2.80. The number of H-pyrrole nitrogens is 1. The van der Waals surface area contributed by atoms with Crippen LogP contribution in [0.3, 0.4) is 0 Å². The van der Waals surface area contributed by atoms with Gasteiger partial charge in [0.15, 0.2) is 5.82 Å². The number of carbonyl (C=O) groups is 1. The van der Waals surface area contributed by atoms with Crippen LogP contribution in [0.4, 0.5) is 5.82 Å². The number of fused-ring (bicyclic) bond motifs is 1. The molecule has 24 heavy (non-hydrogen) atoms. The maximum absolute atomic E-state index is 12.1. The van der Waals surface area contributed by atoms with Crippen molar-refractivity contribution in [2.75, 3.05) is 12.4 Å². The molecule has 0 unspecified atom stereocenters. The lowest BCUT2D eigenvalue weighted by atomic mass is 9.98. The average molecular weight is 324 g/mol. The largest absolute Gasteiger partial charge is 0.357 e. The zero-order chi connectivity index (χ0) is 17.2. The summed E-state index contributed by atoms with van der Waals surface area (Å²) < 4.78 is 0. The van der Waals surface area contributed by atoms with E-state index in [1.165, 1.54) is 0 Å².